The summed E-state index contributed by atoms with van der Waals surface area (Å²) in [4.78, 5) is 32.1. The number of aromatic carboxylic acids is 2. The summed E-state index contributed by atoms with van der Waals surface area (Å²) in [6, 6.07) is 32.1. The predicted molar refractivity (Wildman–Crippen MR) is 140 cm³/mol. The third kappa shape index (κ3) is 6.18. The molecule has 0 saturated heterocycles. The maximum atomic E-state index is 11.2. The number of rotatable bonds is 9. The monoisotopic (exact) mass is 476 g/mol. The average Bonchev–Trinajstić information content (AvgIpc) is 2.92. The second-order valence-corrected chi connectivity index (χ2v) is 8.12. The maximum Gasteiger partial charge on any atom is 0.335 e. The maximum absolute atomic E-state index is 11.2. The Labute approximate surface area is 208 Å². The van der Waals surface area contributed by atoms with E-state index in [1.807, 2.05) is 60.7 Å². The minimum Gasteiger partial charge on any atom is -0.478 e. The first kappa shape index (κ1) is 24.3. The zero-order valence-electron chi connectivity index (χ0n) is 19.3. The van der Waals surface area contributed by atoms with Gasteiger partial charge in [0.25, 0.3) is 0 Å². The van der Waals surface area contributed by atoms with Crippen LogP contribution in [0, 0.1) is 0 Å². The normalized spacial score (nSPS) is 13.0. The van der Waals surface area contributed by atoms with Crippen LogP contribution in [0.5, 0.6) is 0 Å². The molecule has 0 aliphatic rings. The number of carbonyl (C=O) groups is 2. The highest BCUT2D eigenvalue weighted by Crippen LogP contribution is 2.35. The SMILES string of the molecule is O=C(O)c1ccc(C=NC(c2ccccc2)C(N=Cc2ccc(C(=O)O)cc2)c2ccccc2)cc1. The number of carboxylic acid groups (broad SMARTS) is 2. The van der Waals surface area contributed by atoms with Crippen LogP contribution < -0.4 is 0 Å². The fourth-order valence-corrected chi connectivity index (χ4v) is 3.76. The van der Waals surface area contributed by atoms with E-state index in [1.165, 1.54) is 0 Å². The van der Waals surface area contributed by atoms with Crippen LogP contribution in [-0.2, 0) is 0 Å². The highest BCUT2D eigenvalue weighted by Gasteiger charge is 2.23. The van der Waals surface area contributed by atoms with E-state index in [0.717, 1.165) is 22.3 Å². The van der Waals surface area contributed by atoms with E-state index in [4.69, 9.17) is 20.2 Å². The third-order valence-corrected chi connectivity index (χ3v) is 5.66. The van der Waals surface area contributed by atoms with Gasteiger partial charge in [-0.25, -0.2) is 9.59 Å². The van der Waals surface area contributed by atoms with Gasteiger partial charge in [-0.1, -0.05) is 84.9 Å². The van der Waals surface area contributed by atoms with Gasteiger partial charge in [-0.2, -0.15) is 0 Å². The Kier molecular flexibility index (Phi) is 7.78. The molecule has 6 heteroatoms. The molecule has 0 amide bonds. The van der Waals surface area contributed by atoms with Crippen LogP contribution >= 0.6 is 0 Å². The van der Waals surface area contributed by atoms with Gasteiger partial charge in [-0.05, 0) is 46.5 Å². The fraction of sp³-hybridized carbons (Fsp3) is 0.0667. The molecular formula is C30H24N2O4. The molecule has 0 radical (unpaired) electrons. The quantitative estimate of drug-likeness (QED) is 0.285. The number of benzene rings is 4. The lowest BCUT2D eigenvalue weighted by molar-refractivity contribution is 0.0686. The van der Waals surface area contributed by atoms with Crippen molar-refractivity contribution in [2.75, 3.05) is 0 Å². The highest BCUT2D eigenvalue weighted by atomic mass is 16.4. The first-order valence-electron chi connectivity index (χ1n) is 11.3. The number of carboxylic acids is 2. The third-order valence-electron chi connectivity index (χ3n) is 5.66. The molecule has 4 rings (SSSR count). The van der Waals surface area contributed by atoms with Crippen LogP contribution in [-0.4, -0.2) is 34.6 Å². The largest absolute Gasteiger partial charge is 0.478 e. The van der Waals surface area contributed by atoms with E-state index >= 15 is 0 Å². The molecule has 0 aromatic heterocycles. The number of nitrogens with zero attached hydrogens (tertiary/aromatic N) is 2. The van der Waals surface area contributed by atoms with Gasteiger partial charge in [0.05, 0.1) is 11.1 Å². The minimum absolute atomic E-state index is 0.215. The summed E-state index contributed by atoms with van der Waals surface area (Å²) in [6.07, 6.45) is 3.47. The molecule has 4 aromatic carbocycles. The molecule has 0 aliphatic heterocycles. The molecule has 2 atom stereocenters. The molecule has 4 aromatic rings. The molecular weight excluding hydrogens is 452 g/mol. The highest BCUT2D eigenvalue weighted by molar-refractivity contribution is 5.90. The Morgan fingerprint density at radius 1 is 0.528 bits per heavy atom. The second-order valence-electron chi connectivity index (χ2n) is 8.12. The van der Waals surface area contributed by atoms with Crippen molar-refractivity contribution in [3.8, 4) is 0 Å². The van der Waals surface area contributed by atoms with Crippen molar-refractivity contribution in [3.05, 3.63) is 143 Å². The van der Waals surface area contributed by atoms with E-state index in [0.29, 0.717) is 0 Å². The Hall–Kier alpha value is -4.84. The fourth-order valence-electron chi connectivity index (χ4n) is 3.76. The van der Waals surface area contributed by atoms with Crippen molar-refractivity contribution in [1.82, 2.24) is 0 Å². The summed E-state index contributed by atoms with van der Waals surface area (Å²) in [5.74, 6) is -1.95. The lowest BCUT2D eigenvalue weighted by Crippen LogP contribution is -2.09. The molecule has 0 spiro atoms. The van der Waals surface area contributed by atoms with E-state index in [2.05, 4.69) is 0 Å². The molecule has 178 valence electrons. The van der Waals surface area contributed by atoms with Gasteiger partial charge >= 0.3 is 11.9 Å². The van der Waals surface area contributed by atoms with E-state index in [-0.39, 0.29) is 23.2 Å². The second kappa shape index (κ2) is 11.5. The van der Waals surface area contributed by atoms with Gasteiger partial charge in [0.1, 0.15) is 12.1 Å². The molecule has 0 aliphatic carbocycles. The summed E-state index contributed by atoms with van der Waals surface area (Å²) < 4.78 is 0. The molecule has 0 heterocycles. The lowest BCUT2D eigenvalue weighted by atomic mass is 9.94. The molecule has 2 unspecified atom stereocenters. The van der Waals surface area contributed by atoms with Crippen LogP contribution in [0.2, 0.25) is 0 Å². The van der Waals surface area contributed by atoms with Gasteiger partial charge in [0, 0.05) is 12.4 Å². The van der Waals surface area contributed by atoms with Gasteiger partial charge in [-0.15, -0.1) is 0 Å². The van der Waals surface area contributed by atoms with Crippen molar-refractivity contribution in [2.24, 2.45) is 9.98 Å². The van der Waals surface area contributed by atoms with Crippen LogP contribution in [0.1, 0.15) is 55.1 Å². The van der Waals surface area contributed by atoms with E-state index in [1.54, 1.807) is 61.0 Å². The average molecular weight is 477 g/mol. The molecule has 0 fully saturated rings. The van der Waals surface area contributed by atoms with Crippen LogP contribution in [0.4, 0.5) is 0 Å². The first-order valence-corrected chi connectivity index (χ1v) is 11.3. The first-order chi connectivity index (χ1) is 17.5. The lowest BCUT2D eigenvalue weighted by Gasteiger charge is -2.22. The van der Waals surface area contributed by atoms with E-state index in [9.17, 15) is 9.59 Å². The van der Waals surface area contributed by atoms with E-state index < -0.39 is 11.9 Å². The van der Waals surface area contributed by atoms with Crippen LogP contribution in [0.15, 0.2) is 119 Å². The summed E-state index contributed by atoms with van der Waals surface area (Å²) in [6.45, 7) is 0. The molecule has 2 N–H and O–H groups in total. The number of aliphatic imine (C=N–C) groups is 2. The van der Waals surface area contributed by atoms with Crippen LogP contribution in [0.3, 0.4) is 0 Å². The Morgan fingerprint density at radius 3 is 1.17 bits per heavy atom. The van der Waals surface area contributed by atoms with Crippen LogP contribution in [0.25, 0.3) is 0 Å². The Balaban J connectivity index is 1.72. The van der Waals surface area contributed by atoms with Gasteiger partial charge in [-0.3, -0.25) is 9.98 Å². The Bertz CT molecular complexity index is 1260. The number of hydrogen-bond donors (Lipinski definition) is 2. The van der Waals surface area contributed by atoms with Crippen molar-refractivity contribution in [3.63, 3.8) is 0 Å². The van der Waals surface area contributed by atoms with Crippen molar-refractivity contribution in [1.29, 1.82) is 0 Å². The van der Waals surface area contributed by atoms with Crippen molar-refractivity contribution in [2.45, 2.75) is 12.1 Å². The number of hydrogen-bond acceptors (Lipinski definition) is 4. The van der Waals surface area contributed by atoms with Gasteiger partial charge in [0.2, 0.25) is 0 Å². The summed E-state index contributed by atoms with van der Waals surface area (Å²) in [5, 5.41) is 18.3. The minimum atomic E-state index is -0.976. The smallest absolute Gasteiger partial charge is 0.335 e. The van der Waals surface area contributed by atoms with Crippen molar-refractivity contribution < 1.29 is 19.8 Å². The molecule has 0 saturated carbocycles. The van der Waals surface area contributed by atoms with Crippen molar-refractivity contribution >= 4 is 24.4 Å². The molecule has 0 bridgehead atoms. The molecule has 36 heavy (non-hydrogen) atoms. The zero-order chi connectivity index (χ0) is 25.3. The topological polar surface area (TPSA) is 99.3 Å². The summed E-state index contributed by atoms with van der Waals surface area (Å²) in [5.41, 5.74) is 3.94. The predicted octanol–water partition coefficient (Wildman–Crippen LogP) is 6.10. The Morgan fingerprint density at radius 2 is 0.861 bits per heavy atom. The standard InChI is InChI=1S/C30H24N2O4/c33-29(34)25-15-11-21(12-16-25)19-31-27(23-7-3-1-4-8-23)28(24-9-5-2-6-10-24)32-20-22-13-17-26(18-14-22)30(35)36/h1-20,27-28H,(H,33,34)(H,35,36). The van der Waals surface area contributed by atoms with Gasteiger partial charge in [0.15, 0.2) is 0 Å². The summed E-state index contributed by atoms with van der Waals surface area (Å²) in [7, 11) is 0. The summed E-state index contributed by atoms with van der Waals surface area (Å²) >= 11 is 0. The van der Waals surface area contributed by atoms with Gasteiger partial charge < -0.3 is 10.2 Å². The molecule has 6 nitrogen and oxygen atoms in total. The zero-order valence-corrected chi connectivity index (χ0v) is 19.3.